The lowest BCUT2D eigenvalue weighted by atomic mass is 9.86. The van der Waals surface area contributed by atoms with Crippen LogP contribution in [0.1, 0.15) is 6.42 Å². The van der Waals surface area contributed by atoms with E-state index in [2.05, 4.69) is 33.7 Å². The van der Waals surface area contributed by atoms with Crippen molar-refractivity contribution in [1.82, 2.24) is 0 Å². The average Bonchev–Trinajstić information content (AvgIpc) is 1.83. The normalized spacial score (nSPS) is 12.8. The summed E-state index contributed by atoms with van der Waals surface area (Å²) in [5.74, 6) is 4.22. The zero-order valence-electron chi connectivity index (χ0n) is 5.94. The fraction of sp³-hybridized carbons (Fsp3) is 0.200. The topological polar surface area (TPSA) is 0 Å². The van der Waals surface area contributed by atoms with Crippen LogP contribution in [0.5, 0.6) is 0 Å². The predicted molar refractivity (Wildman–Crippen MR) is 47.5 cm³/mol. The van der Waals surface area contributed by atoms with Gasteiger partial charge in [0, 0.05) is 0 Å². The summed E-state index contributed by atoms with van der Waals surface area (Å²) >= 11 is 0. The van der Waals surface area contributed by atoms with Gasteiger partial charge in [-0.25, -0.2) is 0 Å². The van der Waals surface area contributed by atoms with Gasteiger partial charge in [0.05, 0.1) is 0 Å². The Morgan fingerprint density at radius 3 is 2.38 bits per heavy atom. The first-order valence-electron chi connectivity index (χ1n) is 3.04. The minimum absolute atomic E-state index is 1.10. The van der Waals surface area contributed by atoms with Crippen molar-refractivity contribution in [2.75, 3.05) is 0 Å². The highest BCUT2D eigenvalue weighted by molar-refractivity contribution is 6.28. The summed E-state index contributed by atoms with van der Waals surface area (Å²) < 4.78 is 0. The van der Waals surface area contributed by atoms with E-state index in [4.69, 9.17) is 0 Å². The third-order valence-electron chi connectivity index (χ3n) is 1.17. The number of rotatable bonds is 2. The van der Waals surface area contributed by atoms with Crippen molar-refractivity contribution >= 4 is 23.5 Å². The van der Waals surface area contributed by atoms with Gasteiger partial charge in [-0.3, -0.25) is 0 Å². The average molecular weight is 104 g/mol. The zero-order valence-corrected chi connectivity index (χ0v) is 5.94. The maximum Gasteiger partial charge on any atom is 0.132 e. The SMILES string of the molecule is B/C=C/C/C(B)=C/B. The Balaban J connectivity index is 3.40. The lowest BCUT2D eigenvalue weighted by molar-refractivity contribution is 1.37. The molecule has 8 heavy (non-hydrogen) atoms. The van der Waals surface area contributed by atoms with E-state index < -0.39 is 0 Å². The van der Waals surface area contributed by atoms with E-state index in [-0.39, 0.29) is 0 Å². The Hall–Kier alpha value is -0.325. The van der Waals surface area contributed by atoms with Crippen molar-refractivity contribution in [3.05, 3.63) is 23.5 Å². The fourth-order valence-corrected chi connectivity index (χ4v) is 0.422. The smallest absolute Gasteiger partial charge is 0.132 e. The molecule has 0 atom stereocenters. The molecule has 0 bridgehead atoms. The van der Waals surface area contributed by atoms with Gasteiger partial charge in [0.15, 0.2) is 0 Å². The first-order valence-corrected chi connectivity index (χ1v) is 3.04. The highest BCUT2D eigenvalue weighted by Crippen LogP contribution is 1.92. The monoisotopic (exact) mass is 104 g/mol. The van der Waals surface area contributed by atoms with Gasteiger partial charge in [0.25, 0.3) is 0 Å². The Kier molecular flexibility index (Phi) is 4.63. The van der Waals surface area contributed by atoms with Crippen LogP contribution in [0.2, 0.25) is 0 Å². The fourth-order valence-electron chi connectivity index (χ4n) is 0.422. The van der Waals surface area contributed by atoms with Crippen LogP contribution in [-0.4, -0.2) is 23.5 Å². The summed E-state index contributed by atoms with van der Waals surface area (Å²) in [6.07, 6.45) is 3.27. The largest absolute Gasteiger partial charge is 0.133 e. The molecule has 0 heterocycles. The molecule has 0 nitrogen and oxygen atoms in total. The predicted octanol–water partition coefficient (Wildman–Crippen LogP) is -1.37. The molecule has 0 aliphatic carbocycles. The van der Waals surface area contributed by atoms with Crippen molar-refractivity contribution in [3.8, 4) is 0 Å². The van der Waals surface area contributed by atoms with E-state index in [0.717, 1.165) is 6.42 Å². The van der Waals surface area contributed by atoms with Gasteiger partial charge in [0.1, 0.15) is 23.5 Å². The van der Waals surface area contributed by atoms with E-state index >= 15 is 0 Å². The van der Waals surface area contributed by atoms with Gasteiger partial charge < -0.3 is 0 Å². The molecular formula is C5H11B3. The molecule has 0 radical (unpaired) electrons. The standard InChI is InChI=1S/C5H11B3/c6-3-1-2-5(8)4-7/h1,3-4H,2,6-8H2/b3-1+,5-4-. The summed E-state index contributed by atoms with van der Waals surface area (Å²) in [4.78, 5) is 0. The lowest BCUT2D eigenvalue weighted by Crippen LogP contribution is -1.77. The van der Waals surface area contributed by atoms with E-state index in [0.29, 0.717) is 0 Å². The Morgan fingerprint density at radius 2 is 2.00 bits per heavy atom. The van der Waals surface area contributed by atoms with Crippen molar-refractivity contribution in [2.45, 2.75) is 6.42 Å². The molecule has 0 spiro atoms. The Morgan fingerprint density at radius 1 is 1.38 bits per heavy atom. The molecule has 0 unspecified atom stereocenters. The van der Waals surface area contributed by atoms with Crippen molar-refractivity contribution in [2.24, 2.45) is 0 Å². The summed E-state index contributed by atoms with van der Waals surface area (Å²) in [5.41, 5.74) is 1.43. The van der Waals surface area contributed by atoms with Gasteiger partial charge in [-0.1, -0.05) is 6.08 Å². The van der Waals surface area contributed by atoms with Crippen LogP contribution in [0.25, 0.3) is 0 Å². The van der Waals surface area contributed by atoms with E-state index in [1.165, 1.54) is 5.47 Å². The molecule has 0 aliphatic rings. The van der Waals surface area contributed by atoms with Gasteiger partial charge in [-0.2, -0.15) is 0 Å². The molecule has 0 saturated carbocycles. The molecule has 0 rings (SSSR count). The van der Waals surface area contributed by atoms with E-state index in [1.54, 1.807) is 0 Å². The van der Waals surface area contributed by atoms with Gasteiger partial charge in [-0.05, 0) is 6.42 Å². The molecule has 0 aromatic carbocycles. The molecule has 0 aromatic rings. The quantitative estimate of drug-likeness (QED) is 0.379. The minimum Gasteiger partial charge on any atom is -0.133 e. The first kappa shape index (κ1) is 7.67. The second-order valence-electron chi connectivity index (χ2n) is 1.91. The minimum atomic E-state index is 1.10. The van der Waals surface area contributed by atoms with Crippen LogP contribution < -0.4 is 0 Å². The maximum atomic E-state index is 2.16. The molecule has 0 fully saturated rings. The number of allylic oxidation sites excluding steroid dienone is 2. The van der Waals surface area contributed by atoms with Gasteiger partial charge >= 0.3 is 0 Å². The second-order valence-corrected chi connectivity index (χ2v) is 1.91. The van der Waals surface area contributed by atoms with Crippen LogP contribution >= 0.6 is 0 Å². The zero-order chi connectivity index (χ0) is 6.41. The number of hydrogen-bond acceptors (Lipinski definition) is 0. The lowest BCUT2D eigenvalue weighted by Gasteiger charge is -1.89. The molecule has 0 amide bonds. The highest BCUT2D eigenvalue weighted by atomic mass is 13.7. The Labute approximate surface area is 54.3 Å². The van der Waals surface area contributed by atoms with E-state index in [9.17, 15) is 0 Å². The summed E-state index contributed by atoms with van der Waals surface area (Å²) in [5, 5.41) is 0. The van der Waals surface area contributed by atoms with Crippen LogP contribution in [0.4, 0.5) is 0 Å². The second kappa shape index (κ2) is 4.82. The summed E-state index contributed by atoms with van der Waals surface area (Å²) in [6.45, 7) is 0. The molecule has 0 saturated heterocycles. The van der Waals surface area contributed by atoms with Crippen LogP contribution in [0.3, 0.4) is 0 Å². The maximum absolute atomic E-state index is 2.16. The molecule has 40 valence electrons. The van der Waals surface area contributed by atoms with Crippen LogP contribution in [0.15, 0.2) is 23.5 Å². The van der Waals surface area contributed by atoms with Gasteiger partial charge in [0.2, 0.25) is 0 Å². The van der Waals surface area contributed by atoms with Crippen LogP contribution in [-0.2, 0) is 0 Å². The Bertz CT molecular complexity index is 104. The molecule has 0 aromatic heterocycles. The molecule has 0 N–H and O–H groups in total. The van der Waals surface area contributed by atoms with Crippen molar-refractivity contribution in [3.63, 3.8) is 0 Å². The van der Waals surface area contributed by atoms with Crippen molar-refractivity contribution in [1.29, 1.82) is 0 Å². The van der Waals surface area contributed by atoms with E-state index in [1.807, 2.05) is 7.85 Å². The van der Waals surface area contributed by atoms with Crippen molar-refractivity contribution < 1.29 is 0 Å². The number of hydrogen-bond donors (Lipinski definition) is 0. The molecule has 3 heteroatoms. The third kappa shape index (κ3) is 3.85. The molecular weight excluding hydrogens is 92.5 g/mol. The summed E-state index contributed by atoms with van der Waals surface area (Å²) in [7, 11) is 6.25. The highest BCUT2D eigenvalue weighted by Gasteiger charge is 1.77. The third-order valence-corrected chi connectivity index (χ3v) is 1.17. The molecule has 0 aliphatic heterocycles. The first-order chi connectivity index (χ1) is 3.81. The van der Waals surface area contributed by atoms with Crippen LogP contribution in [0, 0.1) is 0 Å². The summed E-state index contributed by atoms with van der Waals surface area (Å²) in [6, 6.07) is 0. The van der Waals surface area contributed by atoms with Gasteiger partial charge in [-0.15, -0.1) is 17.4 Å².